The van der Waals surface area contributed by atoms with E-state index in [1.54, 1.807) is 6.08 Å². The SMILES string of the molecule is CC[C@@H](N)/C(F)=C\CN1CC(C)OC(C)C1. The molecule has 1 saturated heterocycles. The summed E-state index contributed by atoms with van der Waals surface area (Å²) in [6, 6.07) is -0.448. The van der Waals surface area contributed by atoms with E-state index in [4.69, 9.17) is 10.5 Å². The number of morpholine rings is 1. The van der Waals surface area contributed by atoms with Gasteiger partial charge in [-0.1, -0.05) is 6.92 Å². The average Bonchev–Trinajstić information content (AvgIpc) is 2.23. The molecule has 0 aromatic carbocycles. The lowest BCUT2D eigenvalue weighted by Crippen LogP contribution is -2.45. The van der Waals surface area contributed by atoms with Gasteiger partial charge in [0.25, 0.3) is 0 Å². The standard InChI is InChI=1S/C12H23FN2O/c1-4-12(14)11(13)5-6-15-7-9(2)16-10(3)8-15/h5,9-10,12H,4,6-8,14H2,1-3H3/b11-5+/t9?,10?,12-/m1/s1. The van der Waals surface area contributed by atoms with E-state index in [2.05, 4.69) is 4.90 Å². The largest absolute Gasteiger partial charge is 0.373 e. The van der Waals surface area contributed by atoms with E-state index in [0.29, 0.717) is 13.0 Å². The summed E-state index contributed by atoms with van der Waals surface area (Å²) in [7, 11) is 0. The van der Waals surface area contributed by atoms with Crippen molar-refractivity contribution in [3.05, 3.63) is 11.9 Å². The fourth-order valence-corrected chi connectivity index (χ4v) is 2.00. The highest BCUT2D eigenvalue weighted by atomic mass is 19.1. The molecule has 0 saturated carbocycles. The van der Waals surface area contributed by atoms with E-state index in [-0.39, 0.29) is 18.0 Å². The van der Waals surface area contributed by atoms with Crippen molar-refractivity contribution in [2.75, 3.05) is 19.6 Å². The van der Waals surface area contributed by atoms with Crippen LogP contribution in [0.25, 0.3) is 0 Å². The Morgan fingerprint density at radius 1 is 1.50 bits per heavy atom. The number of ether oxygens (including phenoxy) is 1. The molecule has 0 aromatic rings. The number of rotatable bonds is 4. The lowest BCUT2D eigenvalue weighted by atomic mass is 10.2. The molecule has 1 aliphatic rings. The summed E-state index contributed by atoms with van der Waals surface area (Å²) < 4.78 is 19.0. The van der Waals surface area contributed by atoms with E-state index in [1.165, 1.54) is 0 Å². The van der Waals surface area contributed by atoms with Crippen molar-refractivity contribution in [2.45, 2.75) is 45.4 Å². The molecule has 3 nitrogen and oxygen atoms in total. The van der Waals surface area contributed by atoms with Crippen LogP contribution in [0.15, 0.2) is 11.9 Å². The minimum atomic E-state index is -0.448. The van der Waals surface area contributed by atoms with Crippen LogP contribution in [0.5, 0.6) is 0 Å². The van der Waals surface area contributed by atoms with Crippen LogP contribution in [0.2, 0.25) is 0 Å². The van der Waals surface area contributed by atoms with Gasteiger partial charge in [-0.3, -0.25) is 4.90 Å². The molecular formula is C12H23FN2O. The minimum absolute atomic E-state index is 0.200. The van der Waals surface area contributed by atoms with Crippen LogP contribution in [0.3, 0.4) is 0 Å². The summed E-state index contributed by atoms with van der Waals surface area (Å²) in [4.78, 5) is 2.20. The molecule has 1 heterocycles. The molecule has 0 bridgehead atoms. The smallest absolute Gasteiger partial charge is 0.114 e. The van der Waals surface area contributed by atoms with E-state index in [1.807, 2.05) is 20.8 Å². The highest BCUT2D eigenvalue weighted by molar-refractivity contribution is 5.02. The van der Waals surface area contributed by atoms with Gasteiger partial charge >= 0.3 is 0 Å². The number of hydrogen-bond donors (Lipinski definition) is 1. The molecule has 2 N–H and O–H groups in total. The zero-order chi connectivity index (χ0) is 12.1. The topological polar surface area (TPSA) is 38.5 Å². The Labute approximate surface area is 97.4 Å². The third kappa shape index (κ3) is 4.20. The van der Waals surface area contributed by atoms with E-state index in [0.717, 1.165) is 13.1 Å². The van der Waals surface area contributed by atoms with Gasteiger partial charge in [-0.2, -0.15) is 0 Å². The predicted molar refractivity (Wildman–Crippen MR) is 63.9 cm³/mol. The van der Waals surface area contributed by atoms with Gasteiger partial charge in [0.15, 0.2) is 0 Å². The first kappa shape index (κ1) is 13.6. The van der Waals surface area contributed by atoms with Gasteiger partial charge in [-0.25, -0.2) is 4.39 Å². The first-order chi connectivity index (χ1) is 7.52. The maximum atomic E-state index is 13.4. The average molecular weight is 230 g/mol. The van der Waals surface area contributed by atoms with Gasteiger partial charge in [0.05, 0.1) is 18.2 Å². The normalized spacial score (nSPS) is 30.4. The maximum absolute atomic E-state index is 13.4. The molecular weight excluding hydrogens is 207 g/mol. The third-order valence-electron chi connectivity index (χ3n) is 2.83. The lowest BCUT2D eigenvalue weighted by Gasteiger charge is -2.34. The van der Waals surface area contributed by atoms with Gasteiger partial charge in [0, 0.05) is 19.6 Å². The van der Waals surface area contributed by atoms with Crippen LogP contribution in [-0.4, -0.2) is 42.8 Å². The van der Waals surface area contributed by atoms with Crippen LogP contribution in [0.4, 0.5) is 4.39 Å². The fraction of sp³-hybridized carbons (Fsp3) is 0.833. The zero-order valence-corrected chi connectivity index (χ0v) is 10.4. The molecule has 16 heavy (non-hydrogen) atoms. The van der Waals surface area contributed by atoms with Crippen LogP contribution < -0.4 is 5.73 Å². The molecule has 94 valence electrons. The first-order valence-electron chi connectivity index (χ1n) is 6.01. The Kier molecular flexibility index (Phi) is 5.38. The summed E-state index contributed by atoms with van der Waals surface area (Å²) in [5.41, 5.74) is 5.60. The lowest BCUT2D eigenvalue weighted by molar-refractivity contribution is -0.0647. The van der Waals surface area contributed by atoms with Crippen LogP contribution in [-0.2, 0) is 4.74 Å². The Morgan fingerprint density at radius 3 is 2.56 bits per heavy atom. The molecule has 0 aliphatic carbocycles. The van der Waals surface area contributed by atoms with E-state index in [9.17, 15) is 4.39 Å². The summed E-state index contributed by atoms with van der Waals surface area (Å²) in [6.45, 7) is 8.31. The van der Waals surface area contributed by atoms with Crippen molar-refractivity contribution in [1.82, 2.24) is 4.90 Å². The van der Waals surface area contributed by atoms with Crippen molar-refractivity contribution in [1.29, 1.82) is 0 Å². The Morgan fingerprint density at radius 2 is 2.06 bits per heavy atom. The summed E-state index contributed by atoms with van der Waals surface area (Å²) in [5, 5.41) is 0. The summed E-state index contributed by atoms with van der Waals surface area (Å²) in [6.07, 6.45) is 2.68. The zero-order valence-electron chi connectivity index (χ0n) is 10.4. The van der Waals surface area contributed by atoms with Crippen LogP contribution >= 0.6 is 0 Å². The summed E-state index contributed by atoms with van der Waals surface area (Å²) in [5.74, 6) is -0.200. The second-order valence-corrected chi connectivity index (χ2v) is 4.58. The Bertz CT molecular complexity index is 235. The van der Waals surface area contributed by atoms with Gasteiger partial charge in [0.1, 0.15) is 5.83 Å². The minimum Gasteiger partial charge on any atom is -0.373 e. The van der Waals surface area contributed by atoms with E-state index >= 15 is 0 Å². The molecule has 1 fully saturated rings. The molecule has 1 aliphatic heterocycles. The Hall–Kier alpha value is -0.450. The highest BCUT2D eigenvalue weighted by Crippen LogP contribution is 2.12. The van der Waals surface area contributed by atoms with Gasteiger partial charge in [0.2, 0.25) is 0 Å². The van der Waals surface area contributed by atoms with Gasteiger partial charge in [-0.05, 0) is 26.3 Å². The van der Waals surface area contributed by atoms with Crippen molar-refractivity contribution in [3.63, 3.8) is 0 Å². The molecule has 2 unspecified atom stereocenters. The van der Waals surface area contributed by atoms with Crippen LogP contribution in [0.1, 0.15) is 27.2 Å². The fourth-order valence-electron chi connectivity index (χ4n) is 2.00. The van der Waals surface area contributed by atoms with Gasteiger partial charge in [-0.15, -0.1) is 0 Å². The molecule has 0 spiro atoms. The monoisotopic (exact) mass is 230 g/mol. The number of halogens is 1. The second-order valence-electron chi connectivity index (χ2n) is 4.58. The van der Waals surface area contributed by atoms with Gasteiger partial charge < -0.3 is 10.5 Å². The molecule has 1 rings (SSSR count). The van der Waals surface area contributed by atoms with Crippen molar-refractivity contribution in [2.24, 2.45) is 5.73 Å². The third-order valence-corrected chi connectivity index (χ3v) is 2.83. The maximum Gasteiger partial charge on any atom is 0.114 e. The predicted octanol–water partition coefficient (Wildman–Crippen LogP) is 1.69. The Balaban J connectivity index is 2.42. The molecule has 4 heteroatoms. The van der Waals surface area contributed by atoms with Crippen molar-refractivity contribution < 1.29 is 9.13 Å². The van der Waals surface area contributed by atoms with Crippen LogP contribution in [0, 0.1) is 0 Å². The quantitative estimate of drug-likeness (QED) is 0.798. The van der Waals surface area contributed by atoms with Crippen molar-refractivity contribution >= 4 is 0 Å². The van der Waals surface area contributed by atoms with Crippen molar-refractivity contribution in [3.8, 4) is 0 Å². The summed E-state index contributed by atoms with van der Waals surface area (Å²) >= 11 is 0. The molecule has 0 aromatic heterocycles. The first-order valence-corrected chi connectivity index (χ1v) is 6.01. The highest BCUT2D eigenvalue weighted by Gasteiger charge is 2.21. The molecule has 3 atom stereocenters. The second kappa shape index (κ2) is 6.33. The molecule has 0 amide bonds. The number of nitrogens with zero attached hydrogens (tertiary/aromatic N) is 1. The molecule has 0 radical (unpaired) electrons. The van der Waals surface area contributed by atoms with E-state index < -0.39 is 6.04 Å². The number of nitrogens with two attached hydrogens (primary N) is 1. The number of hydrogen-bond acceptors (Lipinski definition) is 3.